The van der Waals surface area contributed by atoms with E-state index in [9.17, 15) is 29.1 Å². The maximum atomic E-state index is 14.6. The van der Waals surface area contributed by atoms with Crippen molar-refractivity contribution in [1.82, 2.24) is 14.7 Å². The van der Waals surface area contributed by atoms with E-state index in [1.807, 2.05) is 90.1 Å². The fraction of sp³-hybridized carbons (Fsp3) is 0.500. The Morgan fingerprint density at radius 1 is 0.632 bits per heavy atom. The SMILES string of the molecule is CC[C@@H](C)[C@H](OC(=O)[C@H](Cc1ccc(C)cc1)N(C)C)C(=O)C[C@@H](C(=O)N(C)[C@H](Cc1ccc(O)cc1)C(=O)N(C)[C@H](Cc1ccc(C)cc1)C(=O)OC)C(C)C. The molecule has 310 valence electrons. The number of rotatable bonds is 20. The molecule has 11 nitrogen and oxygen atoms in total. The minimum Gasteiger partial charge on any atom is -0.508 e. The largest absolute Gasteiger partial charge is 0.508 e. The van der Waals surface area contributed by atoms with Gasteiger partial charge in [0, 0.05) is 45.2 Å². The van der Waals surface area contributed by atoms with Crippen molar-refractivity contribution in [2.75, 3.05) is 35.3 Å². The summed E-state index contributed by atoms with van der Waals surface area (Å²) >= 11 is 0. The van der Waals surface area contributed by atoms with E-state index in [1.54, 1.807) is 31.1 Å². The van der Waals surface area contributed by atoms with Crippen molar-refractivity contribution in [3.05, 3.63) is 101 Å². The van der Waals surface area contributed by atoms with E-state index in [-0.39, 0.29) is 42.6 Å². The van der Waals surface area contributed by atoms with Gasteiger partial charge in [-0.3, -0.25) is 24.1 Å². The number of phenolic OH excluding ortho intramolecular Hbond substituents is 1. The van der Waals surface area contributed by atoms with Crippen LogP contribution >= 0.6 is 0 Å². The molecule has 1 N–H and O–H groups in total. The average molecular weight is 786 g/mol. The lowest BCUT2D eigenvalue weighted by Crippen LogP contribution is -2.55. The number of hydrogen-bond donors (Lipinski definition) is 1. The van der Waals surface area contributed by atoms with Gasteiger partial charge in [0.05, 0.1) is 7.11 Å². The minimum absolute atomic E-state index is 0.0500. The zero-order valence-electron chi connectivity index (χ0n) is 35.7. The molecule has 0 saturated heterocycles. The van der Waals surface area contributed by atoms with Crippen molar-refractivity contribution >= 4 is 29.5 Å². The molecular weight excluding hydrogens is 723 g/mol. The quantitative estimate of drug-likeness (QED) is 0.137. The van der Waals surface area contributed by atoms with Gasteiger partial charge in [-0.2, -0.15) is 0 Å². The number of carbonyl (C=O) groups is 5. The van der Waals surface area contributed by atoms with Crippen LogP contribution in [0.25, 0.3) is 0 Å². The number of hydrogen-bond acceptors (Lipinski definition) is 9. The first-order chi connectivity index (χ1) is 26.9. The van der Waals surface area contributed by atoms with Crippen LogP contribution in [0.3, 0.4) is 0 Å². The Morgan fingerprint density at radius 2 is 1.07 bits per heavy atom. The lowest BCUT2D eigenvalue weighted by molar-refractivity contribution is -0.163. The molecular formula is C46H63N3O8. The summed E-state index contributed by atoms with van der Waals surface area (Å²) < 4.78 is 11.2. The summed E-state index contributed by atoms with van der Waals surface area (Å²) in [6, 6.07) is 19.2. The number of carbonyl (C=O) groups excluding carboxylic acids is 5. The van der Waals surface area contributed by atoms with Gasteiger partial charge in [0.25, 0.3) is 0 Å². The second kappa shape index (κ2) is 21.5. The highest BCUT2D eigenvalue weighted by molar-refractivity contribution is 5.94. The first kappa shape index (κ1) is 46.4. The second-order valence-corrected chi connectivity index (χ2v) is 15.9. The van der Waals surface area contributed by atoms with Crippen LogP contribution in [0, 0.1) is 31.6 Å². The van der Waals surface area contributed by atoms with Crippen LogP contribution < -0.4 is 0 Å². The van der Waals surface area contributed by atoms with E-state index in [4.69, 9.17) is 9.47 Å². The zero-order chi connectivity index (χ0) is 42.6. The smallest absolute Gasteiger partial charge is 0.328 e. The van der Waals surface area contributed by atoms with Gasteiger partial charge in [-0.1, -0.05) is 99.5 Å². The fourth-order valence-electron chi connectivity index (χ4n) is 6.79. The lowest BCUT2D eigenvalue weighted by Gasteiger charge is -2.36. The summed E-state index contributed by atoms with van der Waals surface area (Å²) in [7, 11) is 7.92. The van der Waals surface area contributed by atoms with Crippen LogP contribution in [0.5, 0.6) is 5.75 Å². The molecule has 0 unspecified atom stereocenters. The van der Waals surface area contributed by atoms with Crippen LogP contribution in [0.1, 0.15) is 68.4 Å². The molecule has 0 radical (unpaired) electrons. The van der Waals surface area contributed by atoms with Crippen LogP contribution in [0.15, 0.2) is 72.8 Å². The molecule has 3 rings (SSSR count). The lowest BCUT2D eigenvalue weighted by atomic mass is 9.85. The van der Waals surface area contributed by atoms with Crippen molar-refractivity contribution in [2.45, 2.75) is 97.9 Å². The summed E-state index contributed by atoms with van der Waals surface area (Å²) in [5.41, 5.74) is 4.63. The predicted molar refractivity (Wildman–Crippen MR) is 221 cm³/mol. The van der Waals surface area contributed by atoms with Gasteiger partial charge in [0.15, 0.2) is 11.9 Å². The van der Waals surface area contributed by atoms with Crippen LogP contribution in [-0.2, 0) is 52.7 Å². The second-order valence-electron chi connectivity index (χ2n) is 15.9. The van der Waals surface area contributed by atoms with Crippen molar-refractivity contribution in [1.29, 1.82) is 0 Å². The Balaban J connectivity index is 1.93. The van der Waals surface area contributed by atoms with Crippen LogP contribution in [0.4, 0.5) is 0 Å². The number of esters is 2. The summed E-state index contributed by atoms with van der Waals surface area (Å²) in [4.78, 5) is 74.7. The molecule has 0 saturated carbocycles. The number of nitrogens with zero attached hydrogens (tertiary/aromatic N) is 3. The van der Waals surface area contributed by atoms with Gasteiger partial charge in [0.1, 0.15) is 23.9 Å². The molecule has 0 fully saturated rings. The molecule has 3 aromatic carbocycles. The maximum Gasteiger partial charge on any atom is 0.328 e. The Labute approximate surface area is 339 Å². The molecule has 57 heavy (non-hydrogen) atoms. The van der Waals surface area contributed by atoms with Gasteiger partial charge >= 0.3 is 11.9 Å². The number of aryl methyl sites for hydroxylation is 2. The Kier molecular flexibility index (Phi) is 17.5. The molecule has 0 bridgehead atoms. The Hall–Kier alpha value is -5.03. The summed E-state index contributed by atoms with van der Waals surface area (Å²) in [6.07, 6.45) is -0.0562. The van der Waals surface area contributed by atoms with E-state index in [1.165, 1.54) is 43.1 Å². The summed E-state index contributed by atoms with van der Waals surface area (Å²) in [5.74, 6) is -3.85. The van der Waals surface area contributed by atoms with Gasteiger partial charge in [-0.25, -0.2) is 4.79 Å². The number of benzene rings is 3. The van der Waals surface area contributed by atoms with Crippen LogP contribution in [-0.4, -0.2) is 109 Å². The maximum absolute atomic E-state index is 14.6. The Morgan fingerprint density at radius 3 is 1.51 bits per heavy atom. The molecule has 0 heterocycles. The first-order valence-electron chi connectivity index (χ1n) is 19.8. The molecule has 6 atom stereocenters. The number of Topliss-reactive ketones (excluding diaryl/α,β-unsaturated/α-hetero) is 1. The Bertz CT molecular complexity index is 1790. The number of phenols is 1. The normalized spacial score (nSPS) is 14.5. The van der Waals surface area contributed by atoms with E-state index in [2.05, 4.69) is 0 Å². The molecule has 0 aliphatic rings. The van der Waals surface area contributed by atoms with E-state index >= 15 is 0 Å². The molecule has 0 aliphatic heterocycles. The average Bonchev–Trinajstić information content (AvgIpc) is 3.19. The summed E-state index contributed by atoms with van der Waals surface area (Å²) in [6.45, 7) is 11.4. The fourth-order valence-corrected chi connectivity index (χ4v) is 6.79. The molecule has 11 heteroatoms. The molecule has 0 spiro atoms. The molecule has 3 aromatic rings. The van der Waals surface area contributed by atoms with E-state index in [0.29, 0.717) is 18.4 Å². The van der Waals surface area contributed by atoms with E-state index < -0.39 is 53.9 Å². The monoisotopic (exact) mass is 785 g/mol. The van der Waals surface area contributed by atoms with Gasteiger partial charge in [0.2, 0.25) is 11.8 Å². The van der Waals surface area contributed by atoms with Crippen molar-refractivity contribution in [3.8, 4) is 5.75 Å². The third-order valence-electron chi connectivity index (χ3n) is 11.0. The zero-order valence-corrected chi connectivity index (χ0v) is 35.7. The topological polar surface area (TPSA) is 134 Å². The van der Waals surface area contributed by atoms with Gasteiger partial charge < -0.3 is 24.4 Å². The third-order valence-corrected chi connectivity index (χ3v) is 11.0. The number of aromatic hydroxyl groups is 1. The number of methoxy groups -OCH3 is 1. The molecule has 0 aromatic heterocycles. The highest BCUT2D eigenvalue weighted by Crippen LogP contribution is 2.26. The van der Waals surface area contributed by atoms with Crippen molar-refractivity contribution in [2.24, 2.45) is 17.8 Å². The van der Waals surface area contributed by atoms with Gasteiger partial charge in [-0.05, 0) is 75.5 Å². The third kappa shape index (κ3) is 13.0. The number of ketones is 1. The predicted octanol–water partition coefficient (Wildman–Crippen LogP) is 5.98. The molecule has 2 amide bonds. The highest BCUT2D eigenvalue weighted by atomic mass is 16.5. The van der Waals surface area contributed by atoms with Crippen molar-refractivity contribution in [3.63, 3.8) is 0 Å². The number of amides is 2. The highest BCUT2D eigenvalue weighted by Gasteiger charge is 2.40. The van der Waals surface area contributed by atoms with E-state index in [0.717, 1.165) is 22.3 Å². The van der Waals surface area contributed by atoms with Gasteiger partial charge in [-0.15, -0.1) is 0 Å². The number of ether oxygens (including phenoxy) is 2. The molecule has 0 aliphatic carbocycles. The van der Waals surface area contributed by atoms with Crippen LogP contribution in [0.2, 0.25) is 0 Å². The summed E-state index contributed by atoms with van der Waals surface area (Å²) in [5, 5.41) is 9.95. The van der Waals surface area contributed by atoms with Crippen molar-refractivity contribution < 1.29 is 38.6 Å². The first-order valence-corrected chi connectivity index (χ1v) is 19.8. The number of likely N-dealkylation sites (N-methyl/N-ethyl adjacent to an activating group) is 3. The minimum atomic E-state index is -1.08. The standard InChI is InChI=1S/C46H63N3O8/c1-12-32(6)42(57-46(55)39(47(7)8)26-33-17-13-30(4)14-18-33)41(51)28-37(29(2)3)43(52)48(9)38(25-35-21-23-36(50)24-22-35)44(53)49(10)40(45(54)56-11)27-34-19-15-31(5)16-20-34/h13-24,29,32,37-40,42,50H,12,25-28H2,1-11H3/t32-,37-,38-,39+,40-,42+/m1/s1.